The molecule has 0 unspecified atom stereocenters. The van der Waals surface area contributed by atoms with Gasteiger partial charge in [-0.15, -0.1) is 0 Å². The molecule has 1 aromatic carbocycles. The van der Waals surface area contributed by atoms with E-state index in [2.05, 4.69) is 17.1 Å². The smallest absolute Gasteiger partial charge is 0.337 e. The predicted molar refractivity (Wildman–Crippen MR) is 102 cm³/mol. The van der Waals surface area contributed by atoms with Gasteiger partial charge in [-0.2, -0.15) is 10.5 Å². The third-order valence-electron chi connectivity index (χ3n) is 4.63. The zero-order valence-electron chi connectivity index (χ0n) is 15.1. The normalized spacial score (nSPS) is 13.9. The summed E-state index contributed by atoms with van der Waals surface area (Å²) in [5.41, 5.74) is 11.5. The van der Waals surface area contributed by atoms with Gasteiger partial charge in [-0.25, -0.2) is 9.78 Å². The molecule has 1 aromatic heterocycles. The van der Waals surface area contributed by atoms with Gasteiger partial charge in [0, 0.05) is 5.56 Å². The Hall–Kier alpha value is -3.90. The van der Waals surface area contributed by atoms with E-state index in [9.17, 15) is 15.3 Å². The molecule has 27 heavy (non-hydrogen) atoms. The number of hydrogen-bond acceptors (Lipinski definition) is 6. The number of nitriles is 2. The van der Waals surface area contributed by atoms with Crippen molar-refractivity contribution in [1.82, 2.24) is 4.98 Å². The fraction of sp³-hybridized carbons (Fsp3) is 0.143. The summed E-state index contributed by atoms with van der Waals surface area (Å²) in [7, 11) is 1.33. The lowest BCUT2D eigenvalue weighted by Crippen LogP contribution is -2.03. The van der Waals surface area contributed by atoms with E-state index < -0.39 is 5.97 Å². The average Bonchev–Trinajstić information content (AvgIpc) is 2.93. The molecule has 1 heterocycles. The minimum Gasteiger partial charge on any atom is -0.465 e. The number of allylic oxidation sites excluding steroid dienone is 3. The van der Waals surface area contributed by atoms with Gasteiger partial charge in [-0.1, -0.05) is 12.1 Å². The largest absolute Gasteiger partial charge is 0.465 e. The monoisotopic (exact) mass is 356 g/mol. The molecule has 132 valence electrons. The molecule has 0 bridgehead atoms. The Balaban J connectivity index is 2.19. The van der Waals surface area contributed by atoms with Crippen LogP contribution in [0.1, 0.15) is 45.2 Å². The highest BCUT2D eigenvalue weighted by atomic mass is 16.5. The van der Waals surface area contributed by atoms with E-state index in [0.29, 0.717) is 28.0 Å². The van der Waals surface area contributed by atoms with Crippen molar-refractivity contribution in [1.29, 1.82) is 10.5 Å². The van der Waals surface area contributed by atoms with Crippen LogP contribution in [-0.2, 0) is 4.74 Å². The van der Waals surface area contributed by atoms with Crippen molar-refractivity contribution in [2.75, 3.05) is 12.8 Å². The van der Waals surface area contributed by atoms with Gasteiger partial charge in [0.1, 0.15) is 18.0 Å². The van der Waals surface area contributed by atoms with Crippen molar-refractivity contribution in [3.05, 3.63) is 63.3 Å². The second kappa shape index (κ2) is 6.78. The Labute approximate surface area is 156 Å². The van der Waals surface area contributed by atoms with Crippen molar-refractivity contribution in [2.24, 2.45) is 0 Å². The summed E-state index contributed by atoms with van der Waals surface area (Å²) in [4.78, 5) is 15.9. The first-order valence-corrected chi connectivity index (χ1v) is 8.15. The van der Waals surface area contributed by atoms with Crippen LogP contribution in [0.2, 0.25) is 0 Å². The number of carbonyl (C=O) groups excluding carboxylic acids is 1. The summed E-state index contributed by atoms with van der Waals surface area (Å²) in [6, 6.07) is 11.2. The third-order valence-corrected chi connectivity index (χ3v) is 4.63. The van der Waals surface area contributed by atoms with Gasteiger partial charge in [0.15, 0.2) is 0 Å². The number of nitrogens with zero attached hydrogens (tertiary/aromatic N) is 3. The molecule has 0 saturated carbocycles. The van der Waals surface area contributed by atoms with E-state index in [1.54, 1.807) is 31.2 Å². The van der Waals surface area contributed by atoms with Crippen LogP contribution >= 0.6 is 0 Å². The molecule has 0 fully saturated rings. The van der Waals surface area contributed by atoms with Gasteiger partial charge < -0.3 is 10.5 Å². The van der Waals surface area contributed by atoms with Crippen LogP contribution in [0.15, 0.2) is 29.8 Å². The Morgan fingerprint density at radius 3 is 2.41 bits per heavy atom. The average molecular weight is 356 g/mol. The molecule has 6 nitrogen and oxygen atoms in total. The Bertz CT molecular complexity index is 1110. The maximum absolute atomic E-state index is 11.6. The second-order valence-corrected chi connectivity index (χ2v) is 6.12. The zero-order chi connectivity index (χ0) is 19.7. The number of rotatable bonds is 2. The Morgan fingerprint density at radius 1 is 1.19 bits per heavy atom. The van der Waals surface area contributed by atoms with Gasteiger partial charge in [-0.05, 0) is 54.3 Å². The molecule has 2 N–H and O–H groups in total. The number of hydrogen-bond donors (Lipinski definition) is 1. The number of aromatic nitrogens is 1. The number of ether oxygens (including phenoxy) is 1. The van der Waals surface area contributed by atoms with Crippen LogP contribution in [0, 0.1) is 29.6 Å². The lowest BCUT2D eigenvalue weighted by molar-refractivity contribution is 0.0600. The lowest BCUT2D eigenvalue weighted by Gasteiger charge is -2.11. The van der Waals surface area contributed by atoms with E-state index in [0.717, 1.165) is 22.3 Å². The van der Waals surface area contributed by atoms with Crippen LogP contribution in [0.5, 0.6) is 0 Å². The van der Waals surface area contributed by atoms with Gasteiger partial charge >= 0.3 is 5.97 Å². The quantitative estimate of drug-likeness (QED) is 0.824. The molecule has 6 heteroatoms. The first kappa shape index (κ1) is 17.9. The summed E-state index contributed by atoms with van der Waals surface area (Å²) < 4.78 is 4.71. The maximum Gasteiger partial charge on any atom is 0.337 e. The predicted octanol–water partition coefficient (Wildman–Crippen LogP) is 3.48. The lowest BCUT2D eigenvalue weighted by atomic mass is 9.95. The van der Waals surface area contributed by atoms with E-state index in [4.69, 9.17) is 10.5 Å². The minimum atomic E-state index is -0.405. The van der Waals surface area contributed by atoms with Crippen molar-refractivity contribution in [3.8, 4) is 12.1 Å². The minimum absolute atomic E-state index is 0.123. The van der Waals surface area contributed by atoms with E-state index >= 15 is 0 Å². The summed E-state index contributed by atoms with van der Waals surface area (Å²) in [6.45, 7) is 3.65. The van der Waals surface area contributed by atoms with Crippen LogP contribution in [-0.4, -0.2) is 18.1 Å². The van der Waals surface area contributed by atoms with Crippen LogP contribution in [0.25, 0.3) is 17.2 Å². The molecule has 2 aromatic rings. The molecule has 3 rings (SSSR count). The third kappa shape index (κ3) is 2.84. The van der Waals surface area contributed by atoms with Gasteiger partial charge in [0.2, 0.25) is 0 Å². The fourth-order valence-electron chi connectivity index (χ4n) is 3.20. The number of benzene rings is 1. The first-order valence-electron chi connectivity index (χ1n) is 8.15. The number of nitrogen functional groups attached to an aromatic ring is 1. The summed E-state index contributed by atoms with van der Waals surface area (Å²) in [5.74, 6) is -0.282. The molecule has 0 saturated heterocycles. The van der Waals surface area contributed by atoms with E-state index in [1.807, 2.05) is 13.0 Å². The second-order valence-electron chi connectivity index (χ2n) is 6.12. The molecular formula is C21H16N4O2. The van der Waals surface area contributed by atoms with Crippen LogP contribution in [0.3, 0.4) is 0 Å². The summed E-state index contributed by atoms with van der Waals surface area (Å²) in [5, 5.41) is 19.0. The van der Waals surface area contributed by atoms with Crippen molar-refractivity contribution in [3.63, 3.8) is 0 Å². The number of pyridine rings is 1. The Kier molecular flexibility index (Phi) is 4.50. The van der Waals surface area contributed by atoms with Gasteiger partial charge in [0.25, 0.3) is 0 Å². The van der Waals surface area contributed by atoms with Crippen molar-refractivity contribution >= 4 is 29.0 Å². The van der Waals surface area contributed by atoms with E-state index in [1.165, 1.54) is 7.11 Å². The summed E-state index contributed by atoms with van der Waals surface area (Å²) in [6.07, 6.45) is 1.91. The molecule has 0 amide bonds. The number of esters is 1. The fourth-order valence-corrected chi connectivity index (χ4v) is 3.20. The molecule has 0 spiro atoms. The summed E-state index contributed by atoms with van der Waals surface area (Å²) >= 11 is 0. The molecule has 0 radical (unpaired) electrons. The van der Waals surface area contributed by atoms with Gasteiger partial charge in [-0.3, -0.25) is 0 Å². The molecule has 1 aliphatic carbocycles. The number of anilines is 1. The van der Waals surface area contributed by atoms with E-state index in [-0.39, 0.29) is 5.82 Å². The maximum atomic E-state index is 11.6. The first-order chi connectivity index (χ1) is 12.9. The highest BCUT2D eigenvalue weighted by molar-refractivity contribution is 6.08. The number of fused-ring (bicyclic) bond motifs is 1. The highest BCUT2D eigenvalue weighted by Crippen LogP contribution is 2.44. The van der Waals surface area contributed by atoms with Crippen molar-refractivity contribution < 1.29 is 9.53 Å². The molecule has 0 atom stereocenters. The zero-order valence-corrected chi connectivity index (χ0v) is 15.1. The SMILES string of the molecule is COC(=O)c1ccc(/C=C2/C(C)=C(C#N)c3nc(N)c(C#N)c(C)c32)cc1. The molecule has 0 aliphatic heterocycles. The standard InChI is InChI=1S/C21H16N4O2/c1-11-15(8-13-4-6-14(7-5-13)21(26)27-3)18-12(2)17(10-23)20(24)25-19(18)16(11)9-22/h4-8H,1-3H3,(H2,24,25)/b15-8-. The topological polar surface area (TPSA) is 113 Å². The molecule has 1 aliphatic rings. The number of carbonyl (C=O) groups is 1. The van der Waals surface area contributed by atoms with Gasteiger partial charge in [0.05, 0.1) is 29.5 Å². The highest BCUT2D eigenvalue weighted by Gasteiger charge is 2.29. The van der Waals surface area contributed by atoms with Crippen molar-refractivity contribution in [2.45, 2.75) is 13.8 Å². The number of nitrogens with two attached hydrogens (primary N) is 1. The van der Waals surface area contributed by atoms with Crippen LogP contribution in [0.4, 0.5) is 5.82 Å². The Morgan fingerprint density at radius 2 is 1.85 bits per heavy atom. The number of methoxy groups -OCH3 is 1. The van der Waals surface area contributed by atoms with Crippen LogP contribution < -0.4 is 5.73 Å². The molecular weight excluding hydrogens is 340 g/mol.